The van der Waals surface area contributed by atoms with Crippen LogP contribution in [-0.2, 0) is 4.79 Å². The van der Waals surface area contributed by atoms with Gasteiger partial charge in [0.25, 0.3) is 5.92 Å². The number of rotatable bonds is 3. The molecule has 1 heterocycles. The minimum absolute atomic E-state index is 0.0126. The van der Waals surface area contributed by atoms with E-state index in [1.54, 1.807) is 0 Å². The van der Waals surface area contributed by atoms with E-state index in [9.17, 15) is 13.6 Å². The van der Waals surface area contributed by atoms with Crippen LogP contribution in [0.5, 0.6) is 0 Å². The molecule has 3 nitrogen and oxygen atoms in total. The van der Waals surface area contributed by atoms with Gasteiger partial charge in [-0.15, -0.1) is 0 Å². The first-order valence-electron chi connectivity index (χ1n) is 4.85. The Morgan fingerprint density at radius 2 is 2.36 bits per heavy atom. The molecule has 1 aliphatic heterocycles. The van der Waals surface area contributed by atoms with Crippen LogP contribution < -0.4 is 10.6 Å². The smallest absolute Gasteiger partial charge is 0.254 e. The first kappa shape index (κ1) is 11.4. The van der Waals surface area contributed by atoms with Gasteiger partial charge in [-0.3, -0.25) is 4.79 Å². The lowest BCUT2D eigenvalue weighted by atomic mass is 10.1. The number of carbonyl (C=O) groups excluding carboxylic acids is 1. The topological polar surface area (TPSA) is 41.1 Å². The lowest BCUT2D eigenvalue weighted by molar-refractivity contribution is -0.128. The molecular formula is C9H16F2N2O. The number of carbonyl (C=O) groups is 1. The highest BCUT2D eigenvalue weighted by Gasteiger charge is 2.26. The van der Waals surface area contributed by atoms with E-state index in [-0.39, 0.29) is 6.04 Å². The van der Waals surface area contributed by atoms with Crippen LogP contribution in [0.15, 0.2) is 0 Å². The van der Waals surface area contributed by atoms with E-state index in [0.29, 0.717) is 6.54 Å². The molecule has 0 unspecified atom stereocenters. The fourth-order valence-corrected chi connectivity index (χ4v) is 1.54. The Balaban J connectivity index is 2.25. The summed E-state index contributed by atoms with van der Waals surface area (Å²) in [5, 5.41) is 5.69. The van der Waals surface area contributed by atoms with Crippen LogP contribution in [0.2, 0.25) is 0 Å². The number of piperidine rings is 1. The van der Waals surface area contributed by atoms with Crippen LogP contribution in [0.25, 0.3) is 0 Å². The van der Waals surface area contributed by atoms with E-state index in [4.69, 9.17) is 0 Å². The zero-order valence-corrected chi connectivity index (χ0v) is 8.28. The number of hydrogen-bond donors (Lipinski definition) is 2. The van der Waals surface area contributed by atoms with E-state index >= 15 is 0 Å². The van der Waals surface area contributed by atoms with Crippen LogP contribution in [0, 0.1) is 0 Å². The molecule has 0 aromatic carbocycles. The Morgan fingerprint density at radius 1 is 1.64 bits per heavy atom. The summed E-state index contributed by atoms with van der Waals surface area (Å²) in [4.78, 5) is 11.1. The summed E-state index contributed by atoms with van der Waals surface area (Å²) in [5.74, 6) is -3.47. The fourth-order valence-electron chi connectivity index (χ4n) is 1.54. The van der Waals surface area contributed by atoms with Gasteiger partial charge in [-0.05, 0) is 26.3 Å². The summed E-state index contributed by atoms with van der Waals surface area (Å²) >= 11 is 0. The van der Waals surface area contributed by atoms with E-state index in [0.717, 1.165) is 26.3 Å². The molecule has 0 bridgehead atoms. The Bertz CT molecular complexity index is 197. The van der Waals surface area contributed by atoms with Gasteiger partial charge < -0.3 is 10.6 Å². The van der Waals surface area contributed by atoms with Gasteiger partial charge in [0.15, 0.2) is 0 Å². The quantitative estimate of drug-likeness (QED) is 0.720. The van der Waals surface area contributed by atoms with Crippen molar-refractivity contribution in [2.75, 3.05) is 13.1 Å². The van der Waals surface area contributed by atoms with E-state index in [1.807, 2.05) is 0 Å². The predicted octanol–water partition coefficient (Wildman–Crippen LogP) is 0.900. The van der Waals surface area contributed by atoms with Gasteiger partial charge in [-0.1, -0.05) is 0 Å². The standard InChI is InChI=1S/C9H16F2N2O/c1-9(10,11)5-8(14)13-7-3-2-4-12-6-7/h7,12H,2-6H2,1H3,(H,13,14)/t7-/m0/s1. The molecule has 1 rings (SSSR count). The summed E-state index contributed by atoms with van der Waals surface area (Å²) in [6, 6.07) is 0.0126. The highest BCUT2D eigenvalue weighted by Crippen LogP contribution is 2.16. The third kappa shape index (κ3) is 4.50. The van der Waals surface area contributed by atoms with Crippen LogP contribution in [0.3, 0.4) is 0 Å². The van der Waals surface area contributed by atoms with Crippen LogP contribution in [0.1, 0.15) is 26.2 Å². The van der Waals surface area contributed by atoms with Crippen molar-refractivity contribution in [3.8, 4) is 0 Å². The SMILES string of the molecule is CC(F)(F)CC(=O)N[C@H]1CCCNC1. The largest absolute Gasteiger partial charge is 0.352 e. The van der Waals surface area contributed by atoms with E-state index < -0.39 is 18.3 Å². The molecular weight excluding hydrogens is 190 g/mol. The molecule has 0 saturated carbocycles. The van der Waals surface area contributed by atoms with Gasteiger partial charge in [0, 0.05) is 12.6 Å². The molecule has 1 atom stereocenters. The summed E-state index contributed by atoms with van der Waals surface area (Å²) in [6.45, 7) is 2.38. The normalized spacial score (nSPS) is 23.2. The second kappa shape index (κ2) is 4.68. The maximum absolute atomic E-state index is 12.5. The minimum atomic E-state index is -2.91. The molecule has 82 valence electrons. The van der Waals surface area contributed by atoms with Crippen LogP contribution in [0.4, 0.5) is 8.78 Å². The monoisotopic (exact) mass is 206 g/mol. The van der Waals surface area contributed by atoms with Crippen molar-refractivity contribution in [2.24, 2.45) is 0 Å². The maximum Gasteiger partial charge on any atom is 0.254 e. The third-order valence-corrected chi connectivity index (χ3v) is 2.13. The first-order valence-corrected chi connectivity index (χ1v) is 4.85. The summed E-state index contributed by atoms with van der Waals surface area (Å²) in [7, 11) is 0. The third-order valence-electron chi connectivity index (χ3n) is 2.13. The zero-order chi connectivity index (χ0) is 10.6. The molecule has 0 aromatic heterocycles. The molecule has 0 aliphatic carbocycles. The van der Waals surface area contributed by atoms with Gasteiger partial charge in [0.05, 0.1) is 6.42 Å². The number of amides is 1. The van der Waals surface area contributed by atoms with Gasteiger partial charge in [-0.25, -0.2) is 8.78 Å². The number of hydrogen-bond acceptors (Lipinski definition) is 2. The van der Waals surface area contributed by atoms with Crippen molar-refractivity contribution in [2.45, 2.75) is 38.2 Å². The van der Waals surface area contributed by atoms with Gasteiger partial charge in [0.2, 0.25) is 5.91 Å². The molecule has 0 radical (unpaired) electrons. The number of alkyl halides is 2. The average Bonchev–Trinajstić information content (AvgIpc) is 2.02. The molecule has 5 heteroatoms. The van der Waals surface area contributed by atoms with Crippen molar-refractivity contribution in [1.82, 2.24) is 10.6 Å². The fraction of sp³-hybridized carbons (Fsp3) is 0.889. The van der Waals surface area contributed by atoms with Crippen molar-refractivity contribution < 1.29 is 13.6 Å². The Labute approximate surface area is 82.2 Å². The second-order valence-electron chi connectivity index (χ2n) is 3.86. The van der Waals surface area contributed by atoms with Crippen LogP contribution >= 0.6 is 0 Å². The molecule has 0 aromatic rings. The van der Waals surface area contributed by atoms with Gasteiger partial charge in [-0.2, -0.15) is 0 Å². The molecule has 1 aliphatic rings. The lowest BCUT2D eigenvalue weighted by Crippen LogP contribution is -2.46. The van der Waals surface area contributed by atoms with E-state index in [2.05, 4.69) is 10.6 Å². The highest BCUT2D eigenvalue weighted by atomic mass is 19.3. The first-order chi connectivity index (χ1) is 6.47. The number of nitrogens with one attached hydrogen (secondary N) is 2. The number of halogens is 2. The van der Waals surface area contributed by atoms with Crippen molar-refractivity contribution >= 4 is 5.91 Å². The summed E-state index contributed by atoms with van der Waals surface area (Å²) < 4.78 is 24.9. The minimum Gasteiger partial charge on any atom is -0.352 e. The van der Waals surface area contributed by atoms with Gasteiger partial charge in [0.1, 0.15) is 0 Å². The predicted molar refractivity (Wildman–Crippen MR) is 49.3 cm³/mol. The zero-order valence-electron chi connectivity index (χ0n) is 8.28. The molecule has 1 saturated heterocycles. The van der Waals surface area contributed by atoms with Crippen molar-refractivity contribution in [1.29, 1.82) is 0 Å². The second-order valence-corrected chi connectivity index (χ2v) is 3.86. The van der Waals surface area contributed by atoms with Crippen LogP contribution in [-0.4, -0.2) is 31.0 Å². The molecule has 1 amide bonds. The molecule has 14 heavy (non-hydrogen) atoms. The summed E-state index contributed by atoms with van der Waals surface area (Å²) in [6.07, 6.45) is 1.13. The van der Waals surface area contributed by atoms with Crippen molar-refractivity contribution in [3.05, 3.63) is 0 Å². The highest BCUT2D eigenvalue weighted by molar-refractivity contribution is 5.77. The Hall–Kier alpha value is -0.710. The molecule has 2 N–H and O–H groups in total. The summed E-state index contributed by atoms with van der Waals surface area (Å²) in [5.41, 5.74) is 0. The Kier molecular flexibility index (Phi) is 3.80. The average molecular weight is 206 g/mol. The van der Waals surface area contributed by atoms with Crippen molar-refractivity contribution in [3.63, 3.8) is 0 Å². The maximum atomic E-state index is 12.5. The molecule has 0 spiro atoms. The lowest BCUT2D eigenvalue weighted by Gasteiger charge is -2.24. The molecule has 1 fully saturated rings. The Morgan fingerprint density at radius 3 is 2.86 bits per heavy atom. The van der Waals surface area contributed by atoms with Gasteiger partial charge >= 0.3 is 0 Å². The van der Waals surface area contributed by atoms with E-state index in [1.165, 1.54) is 0 Å².